The fraction of sp³-hybridized carbons (Fsp3) is 0.400. The standard InChI is InChI=1S/C30H38FN3O2/c1-5-6-18-33(29(36)30(2,3)4)23-28(35)34(21-24-11-8-7-9-12-24)22-27-13-10-19-32(27)20-25-14-16-26(31)17-15-25/h7-17,19H,5-6,18,20-23H2,1-4H3. The maximum atomic E-state index is 13.7. The molecule has 6 heteroatoms. The number of carbonyl (C=O) groups excluding carboxylic acids is 2. The number of nitrogens with zero attached hydrogens (tertiary/aromatic N) is 3. The van der Waals surface area contributed by atoms with Crippen LogP contribution in [-0.4, -0.2) is 39.3 Å². The summed E-state index contributed by atoms with van der Waals surface area (Å²) in [7, 11) is 0. The van der Waals surface area contributed by atoms with Crippen molar-refractivity contribution in [2.75, 3.05) is 13.1 Å². The van der Waals surface area contributed by atoms with E-state index in [0.717, 1.165) is 29.7 Å². The molecule has 0 aliphatic carbocycles. The van der Waals surface area contributed by atoms with E-state index in [1.807, 2.05) is 74.3 Å². The van der Waals surface area contributed by atoms with Gasteiger partial charge in [0.1, 0.15) is 5.82 Å². The molecule has 3 rings (SSSR count). The molecular formula is C30H38FN3O2. The van der Waals surface area contributed by atoms with Gasteiger partial charge in [-0.05, 0) is 41.8 Å². The zero-order chi connectivity index (χ0) is 26.1. The van der Waals surface area contributed by atoms with Gasteiger partial charge in [-0.25, -0.2) is 4.39 Å². The second-order valence-corrected chi connectivity index (χ2v) is 10.3. The van der Waals surface area contributed by atoms with E-state index in [-0.39, 0.29) is 24.2 Å². The molecule has 0 spiro atoms. The molecule has 0 aliphatic heterocycles. The molecule has 0 saturated heterocycles. The van der Waals surface area contributed by atoms with Crippen LogP contribution in [0.2, 0.25) is 0 Å². The highest BCUT2D eigenvalue weighted by Crippen LogP contribution is 2.19. The van der Waals surface area contributed by atoms with Crippen LogP contribution in [0.25, 0.3) is 0 Å². The third-order valence-electron chi connectivity index (χ3n) is 6.15. The Labute approximate surface area is 214 Å². The SMILES string of the molecule is CCCCN(CC(=O)N(Cc1ccccc1)Cc1cccn1Cc1ccc(F)cc1)C(=O)C(C)(C)C. The first kappa shape index (κ1) is 27.2. The number of carbonyl (C=O) groups is 2. The highest BCUT2D eigenvalue weighted by molar-refractivity contribution is 5.87. The van der Waals surface area contributed by atoms with Crippen LogP contribution in [0.15, 0.2) is 72.9 Å². The third-order valence-corrected chi connectivity index (χ3v) is 6.15. The van der Waals surface area contributed by atoms with E-state index in [1.165, 1.54) is 12.1 Å². The lowest BCUT2D eigenvalue weighted by atomic mass is 9.94. The summed E-state index contributed by atoms with van der Waals surface area (Å²) in [6, 6.07) is 20.3. The molecule has 2 aromatic carbocycles. The number of halogens is 1. The minimum atomic E-state index is -0.553. The first-order valence-electron chi connectivity index (χ1n) is 12.7. The van der Waals surface area contributed by atoms with Gasteiger partial charge < -0.3 is 14.4 Å². The normalized spacial score (nSPS) is 11.4. The van der Waals surface area contributed by atoms with Gasteiger partial charge in [-0.3, -0.25) is 9.59 Å². The maximum absolute atomic E-state index is 13.7. The molecule has 0 bridgehead atoms. The van der Waals surface area contributed by atoms with E-state index in [1.54, 1.807) is 17.0 Å². The zero-order valence-corrected chi connectivity index (χ0v) is 21.9. The van der Waals surface area contributed by atoms with Crippen LogP contribution >= 0.6 is 0 Å². The number of hydrogen-bond donors (Lipinski definition) is 0. The Balaban J connectivity index is 1.82. The van der Waals surface area contributed by atoms with E-state index in [0.29, 0.717) is 26.2 Å². The van der Waals surface area contributed by atoms with Gasteiger partial charge >= 0.3 is 0 Å². The Morgan fingerprint density at radius 3 is 2.19 bits per heavy atom. The van der Waals surface area contributed by atoms with Gasteiger partial charge in [-0.2, -0.15) is 0 Å². The van der Waals surface area contributed by atoms with Gasteiger partial charge in [0, 0.05) is 36.9 Å². The quantitative estimate of drug-likeness (QED) is 0.336. The molecule has 0 N–H and O–H groups in total. The van der Waals surface area contributed by atoms with Crippen molar-refractivity contribution in [3.63, 3.8) is 0 Å². The summed E-state index contributed by atoms with van der Waals surface area (Å²) < 4.78 is 15.4. The smallest absolute Gasteiger partial charge is 0.242 e. The van der Waals surface area contributed by atoms with Crippen molar-refractivity contribution in [1.29, 1.82) is 0 Å². The van der Waals surface area contributed by atoms with Gasteiger partial charge in [0.15, 0.2) is 0 Å². The molecule has 5 nitrogen and oxygen atoms in total. The van der Waals surface area contributed by atoms with Crippen molar-refractivity contribution in [2.45, 2.75) is 60.2 Å². The summed E-state index contributed by atoms with van der Waals surface area (Å²) in [5.41, 5.74) is 2.44. The number of rotatable bonds is 11. The molecule has 0 unspecified atom stereocenters. The lowest BCUT2D eigenvalue weighted by Gasteiger charge is -2.32. The van der Waals surface area contributed by atoms with Crippen molar-refractivity contribution in [3.05, 3.63) is 95.6 Å². The van der Waals surface area contributed by atoms with E-state index in [9.17, 15) is 14.0 Å². The first-order valence-corrected chi connectivity index (χ1v) is 12.7. The lowest BCUT2D eigenvalue weighted by molar-refractivity contribution is -0.146. The molecule has 0 saturated carbocycles. The summed E-state index contributed by atoms with van der Waals surface area (Å²) in [5, 5.41) is 0. The molecule has 1 aromatic heterocycles. The van der Waals surface area contributed by atoms with Crippen molar-refractivity contribution in [1.82, 2.24) is 14.4 Å². The summed E-state index contributed by atoms with van der Waals surface area (Å²) in [4.78, 5) is 30.3. The van der Waals surface area contributed by atoms with Crippen LogP contribution in [0, 0.1) is 11.2 Å². The minimum absolute atomic E-state index is 0.0105. The molecular weight excluding hydrogens is 453 g/mol. The van der Waals surface area contributed by atoms with E-state index in [2.05, 4.69) is 11.5 Å². The predicted molar refractivity (Wildman–Crippen MR) is 142 cm³/mol. The molecule has 0 atom stereocenters. The Bertz CT molecular complexity index is 1120. The van der Waals surface area contributed by atoms with Gasteiger partial charge in [0.25, 0.3) is 0 Å². The Morgan fingerprint density at radius 2 is 1.56 bits per heavy atom. The average molecular weight is 492 g/mol. The third kappa shape index (κ3) is 7.80. The molecule has 192 valence electrons. The van der Waals surface area contributed by atoms with Crippen molar-refractivity contribution < 1.29 is 14.0 Å². The fourth-order valence-electron chi connectivity index (χ4n) is 4.10. The number of benzene rings is 2. The Morgan fingerprint density at radius 1 is 0.861 bits per heavy atom. The summed E-state index contributed by atoms with van der Waals surface area (Å²) in [6.07, 6.45) is 3.78. The zero-order valence-electron chi connectivity index (χ0n) is 21.9. The molecule has 0 fully saturated rings. The highest BCUT2D eigenvalue weighted by atomic mass is 19.1. The van der Waals surface area contributed by atoms with E-state index in [4.69, 9.17) is 0 Å². The largest absolute Gasteiger partial charge is 0.345 e. The number of aromatic nitrogens is 1. The Hall–Kier alpha value is -3.41. The molecule has 36 heavy (non-hydrogen) atoms. The first-order chi connectivity index (χ1) is 17.2. The Kier molecular flexibility index (Phi) is 9.45. The number of amides is 2. The van der Waals surface area contributed by atoms with Crippen LogP contribution in [0.1, 0.15) is 57.4 Å². The second-order valence-electron chi connectivity index (χ2n) is 10.3. The van der Waals surface area contributed by atoms with Crippen LogP contribution in [0.4, 0.5) is 4.39 Å². The predicted octanol–water partition coefficient (Wildman–Crippen LogP) is 5.88. The number of hydrogen-bond acceptors (Lipinski definition) is 2. The van der Waals surface area contributed by atoms with E-state index < -0.39 is 5.41 Å². The maximum Gasteiger partial charge on any atom is 0.242 e. The lowest BCUT2D eigenvalue weighted by Crippen LogP contribution is -2.46. The van der Waals surface area contributed by atoms with Crippen LogP contribution in [-0.2, 0) is 29.2 Å². The highest BCUT2D eigenvalue weighted by Gasteiger charge is 2.29. The van der Waals surface area contributed by atoms with Gasteiger partial charge in [-0.15, -0.1) is 0 Å². The number of unbranched alkanes of at least 4 members (excludes halogenated alkanes) is 1. The molecule has 0 radical (unpaired) electrons. The van der Waals surface area contributed by atoms with Crippen molar-refractivity contribution in [2.24, 2.45) is 5.41 Å². The van der Waals surface area contributed by atoms with Crippen LogP contribution < -0.4 is 0 Å². The topological polar surface area (TPSA) is 45.6 Å². The average Bonchev–Trinajstić information content (AvgIpc) is 3.28. The fourth-order valence-corrected chi connectivity index (χ4v) is 4.10. The summed E-state index contributed by atoms with van der Waals surface area (Å²) in [5.74, 6) is -0.353. The van der Waals surface area contributed by atoms with Gasteiger partial charge in [0.05, 0.1) is 13.1 Å². The molecule has 2 amide bonds. The van der Waals surface area contributed by atoms with Crippen molar-refractivity contribution in [3.8, 4) is 0 Å². The molecule has 3 aromatic rings. The summed E-state index contributed by atoms with van der Waals surface area (Å²) >= 11 is 0. The van der Waals surface area contributed by atoms with Crippen molar-refractivity contribution >= 4 is 11.8 Å². The second kappa shape index (κ2) is 12.5. The monoisotopic (exact) mass is 491 g/mol. The van der Waals surface area contributed by atoms with E-state index >= 15 is 0 Å². The molecule has 1 heterocycles. The molecule has 0 aliphatic rings. The summed E-state index contributed by atoms with van der Waals surface area (Å²) in [6.45, 7) is 9.83. The van der Waals surface area contributed by atoms with Crippen LogP contribution in [0.5, 0.6) is 0 Å². The van der Waals surface area contributed by atoms with Gasteiger partial charge in [-0.1, -0.05) is 76.6 Å². The minimum Gasteiger partial charge on any atom is -0.345 e. The van der Waals surface area contributed by atoms with Crippen LogP contribution in [0.3, 0.4) is 0 Å². The van der Waals surface area contributed by atoms with Gasteiger partial charge in [0.2, 0.25) is 11.8 Å².